The van der Waals surface area contributed by atoms with Gasteiger partial charge in [-0.15, -0.1) is 0 Å². The van der Waals surface area contributed by atoms with Crippen LogP contribution in [0.4, 0.5) is 0 Å². The highest BCUT2D eigenvalue weighted by Gasteiger charge is 2.29. The van der Waals surface area contributed by atoms with E-state index in [9.17, 15) is 4.79 Å². The molecule has 5 nitrogen and oxygen atoms in total. The van der Waals surface area contributed by atoms with Crippen LogP contribution in [-0.2, 0) is 22.6 Å². The summed E-state index contributed by atoms with van der Waals surface area (Å²) in [7, 11) is 0. The van der Waals surface area contributed by atoms with Crippen molar-refractivity contribution in [2.45, 2.75) is 52.2 Å². The first kappa shape index (κ1) is 14.1. The maximum absolute atomic E-state index is 12.0. The van der Waals surface area contributed by atoms with Crippen LogP contribution in [0.2, 0.25) is 0 Å². The van der Waals surface area contributed by atoms with Gasteiger partial charge in [0.1, 0.15) is 6.04 Å². The zero-order chi connectivity index (χ0) is 13.7. The molecule has 2 heterocycles. The molecule has 0 aliphatic carbocycles. The highest BCUT2D eigenvalue weighted by Crippen LogP contribution is 2.20. The van der Waals surface area contributed by atoms with Gasteiger partial charge in [-0.25, -0.2) is 0 Å². The number of likely N-dealkylation sites (tertiary alicyclic amines) is 1. The highest BCUT2D eigenvalue weighted by atomic mass is 16.5. The molecule has 19 heavy (non-hydrogen) atoms. The lowest BCUT2D eigenvalue weighted by Crippen LogP contribution is -2.44. The molecule has 1 unspecified atom stereocenters. The SMILES string of the molecule is CCOC(=O)C1CCCCN1Cc1cnn(CC)c1. The molecule has 1 aliphatic heterocycles. The van der Waals surface area contributed by atoms with Gasteiger partial charge in [-0.2, -0.15) is 5.10 Å². The number of piperidine rings is 1. The number of carbonyl (C=O) groups excluding carboxylic acids is 1. The fourth-order valence-corrected chi connectivity index (χ4v) is 2.58. The van der Waals surface area contributed by atoms with Crippen molar-refractivity contribution in [3.8, 4) is 0 Å². The van der Waals surface area contributed by atoms with Gasteiger partial charge >= 0.3 is 5.97 Å². The first-order valence-corrected chi connectivity index (χ1v) is 7.16. The van der Waals surface area contributed by atoms with E-state index in [0.717, 1.165) is 44.5 Å². The van der Waals surface area contributed by atoms with Crippen LogP contribution in [0.25, 0.3) is 0 Å². The fourth-order valence-electron chi connectivity index (χ4n) is 2.58. The molecule has 0 N–H and O–H groups in total. The van der Waals surface area contributed by atoms with Gasteiger partial charge in [0, 0.05) is 24.8 Å². The zero-order valence-corrected chi connectivity index (χ0v) is 11.8. The van der Waals surface area contributed by atoms with E-state index in [1.165, 1.54) is 0 Å². The smallest absolute Gasteiger partial charge is 0.323 e. The van der Waals surface area contributed by atoms with E-state index in [4.69, 9.17) is 4.74 Å². The van der Waals surface area contributed by atoms with E-state index in [-0.39, 0.29) is 12.0 Å². The van der Waals surface area contributed by atoms with Gasteiger partial charge in [0.25, 0.3) is 0 Å². The van der Waals surface area contributed by atoms with Crippen LogP contribution in [0.15, 0.2) is 12.4 Å². The molecule has 0 aromatic carbocycles. The summed E-state index contributed by atoms with van der Waals surface area (Å²) in [5.74, 6) is -0.0786. The van der Waals surface area contributed by atoms with E-state index in [1.54, 1.807) is 0 Å². The van der Waals surface area contributed by atoms with Crippen molar-refractivity contribution in [2.24, 2.45) is 0 Å². The monoisotopic (exact) mass is 265 g/mol. The maximum atomic E-state index is 12.0. The van der Waals surface area contributed by atoms with Gasteiger partial charge < -0.3 is 4.74 Å². The van der Waals surface area contributed by atoms with Gasteiger partial charge in [0.05, 0.1) is 12.8 Å². The quantitative estimate of drug-likeness (QED) is 0.762. The van der Waals surface area contributed by atoms with Crippen molar-refractivity contribution in [2.75, 3.05) is 13.2 Å². The second-order valence-corrected chi connectivity index (χ2v) is 4.94. The van der Waals surface area contributed by atoms with Crippen molar-refractivity contribution >= 4 is 5.97 Å². The van der Waals surface area contributed by atoms with Crippen molar-refractivity contribution in [1.29, 1.82) is 0 Å². The standard InChI is InChI=1S/C14H23N3O2/c1-3-17-11-12(9-15-17)10-16-8-6-5-7-13(16)14(18)19-4-2/h9,11,13H,3-8,10H2,1-2H3. The van der Waals surface area contributed by atoms with Gasteiger partial charge in [0.2, 0.25) is 0 Å². The third-order valence-corrected chi connectivity index (χ3v) is 3.57. The number of ether oxygens (including phenoxy) is 1. The van der Waals surface area contributed by atoms with Crippen molar-refractivity contribution < 1.29 is 9.53 Å². The Bertz CT molecular complexity index is 417. The number of rotatable bonds is 5. The van der Waals surface area contributed by atoms with Crippen molar-refractivity contribution in [3.63, 3.8) is 0 Å². The molecule has 1 saturated heterocycles. The molecular weight excluding hydrogens is 242 g/mol. The lowest BCUT2D eigenvalue weighted by atomic mass is 10.0. The predicted octanol–water partition coefficient (Wildman–Crippen LogP) is 1.82. The fraction of sp³-hybridized carbons (Fsp3) is 0.714. The van der Waals surface area contributed by atoms with Crippen LogP contribution in [0.3, 0.4) is 0 Å². The molecule has 1 aromatic heterocycles. The minimum absolute atomic E-state index is 0.0786. The molecular formula is C14H23N3O2. The minimum Gasteiger partial charge on any atom is -0.465 e. The molecule has 0 radical (unpaired) electrons. The third kappa shape index (κ3) is 3.56. The van der Waals surface area contributed by atoms with Crippen molar-refractivity contribution in [3.05, 3.63) is 18.0 Å². The Balaban J connectivity index is 2.00. The lowest BCUT2D eigenvalue weighted by molar-refractivity contribution is -0.151. The van der Waals surface area contributed by atoms with E-state index >= 15 is 0 Å². The number of aromatic nitrogens is 2. The van der Waals surface area contributed by atoms with Gasteiger partial charge in [-0.1, -0.05) is 6.42 Å². The summed E-state index contributed by atoms with van der Waals surface area (Å²) in [4.78, 5) is 14.2. The summed E-state index contributed by atoms with van der Waals surface area (Å²) in [5, 5.41) is 4.28. The molecule has 106 valence electrons. The van der Waals surface area contributed by atoms with Gasteiger partial charge in [-0.3, -0.25) is 14.4 Å². The topological polar surface area (TPSA) is 47.4 Å². The van der Waals surface area contributed by atoms with Crippen LogP contribution in [0.1, 0.15) is 38.7 Å². The molecule has 2 rings (SSSR count). The maximum Gasteiger partial charge on any atom is 0.323 e. The summed E-state index contributed by atoms with van der Waals surface area (Å²) >= 11 is 0. The first-order valence-electron chi connectivity index (χ1n) is 7.16. The highest BCUT2D eigenvalue weighted by molar-refractivity contribution is 5.75. The number of nitrogens with zero attached hydrogens (tertiary/aromatic N) is 3. The van der Waals surface area contributed by atoms with Crippen LogP contribution in [-0.4, -0.2) is 39.8 Å². The Hall–Kier alpha value is -1.36. The van der Waals surface area contributed by atoms with Crippen LogP contribution < -0.4 is 0 Å². The van der Waals surface area contributed by atoms with Gasteiger partial charge in [0.15, 0.2) is 0 Å². The van der Waals surface area contributed by atoms with E-state index < -0.39 is 0 Å². The molecule has 1 aromatic rings. The normalized spacial score (nSPS) is 20.4. The number of aryl methyl sites for hydroxylation is 1. The number of hydrogen-bond donors (Lipinski definition) is 0. The Morgan fingerprint density at radius 1 is 1.47 bits per heavy atom. The van der Waals surface area contributed by atoms with Crippen LogP contribution >= 0.6 is 0 Å². The zero-order valence-electron chi connectivity index (χ0n) is 11.8. The first-order chi connectivity index (χ1) is 9.24. The van der Waals surface area contributed by atoms with Crippen LogP contribution in [0.5, 0.6) is 0 Å². The predicted molar refractivity (Wildman–Crippen MR) is 72.6 cm³/mol. The Morgan fingerprint density at radius 2 is 2.32 bits per heavy atom. The van der Waals surface area contributed by atoms with Crippen molar-refractivity contribution in [1.82, 2.24) is 14.7 Å². The van der Waals surface area contributed by atoms with Crippen LogP contribution in [0, 0.1) is 0 Å². The average Bonchev–Trinajstić information content (AvgIpc) is 2.87. The third-order valence-electron chi connectivity index (χ3n) is 3.57. The summed E-state index contributed by atoms with van der Waals surface area (Å²) in [6.07, 6.45) is 7.10. The second kappa shape index (κ2) is 6.70. The molecule has 0 saturated carbocycles. The largest absolute Gasteiger partial charge is 0.465 e. The molecule has 1 atom stereocenters. The molecule has 1 aliphatic rings. The molecule has 5 heteroatoms. The van der Waals surface area contributed by atoms with E-state index in [0.29, 0.717) is 6.61 Å². The molecule has 0 spiro atoms. The number of esters is 1. The number of hydrogen-bond acceptors (Lipinski definition) is 4. The molecule has 0 bridgehead atoms. The summed E-state index contributed by atoms with van der Waals surface area (Å²) < 4.78 is 7.09. The summed E-state index contributed by atoms with van der Waals surface area (Å²) in [6.45, 7) is 7.00. The number of carbonyl (C=O) groups is 1. The Labute approximate surface area is 114 Å². The average molecular weight is 265 g/mol. The minimum atomic E-state index is -0.0846. The molecule has 1 fully saturated rings. The Kier molecular flexibility index (Phi) is 4.96. The van der Waals surface area contributed by atoms with Gasteiger partial charge in [-0.05, 0) is 33.2 Å². The Morgan fingerprint density at radius 3 is 3.00 bits per heavy atom. The van der Waals surface area contributed by atoms with E-state index in [2.05, 4.69) is 23.1 Å². The summed E-state index contributed by atoms with van der Waals surface area (Å²) in [5.41, 5.74) is 1.16. The molecule has 0 amide bonds. The van der Waals surface area contributed by atoms with E-state index in [1.807, 2.05) is 17.8 Å². The lowest BCUT2D eigenvalue weighted by Gasteiger charge is -2.33. The summed E-state index contributed by atoms with van der Waals surface area (Å²) in [6, 6.07) is -0.0846. The second-order valence-electron chi connectivity index (χ2n) is 4.94.